The first-order chi connectivity index (χ1) is 8.63. The van der Waals surface area contributed by atoms with E-state index >= 15 is 0 Å². The molecule has 0 saturated heterocycles. The molecule has 3 rings (SSSR count). The van der Waals surface area contributed by atoms with Gasteiger partial charge in [-0.05, 0) is 43.9 Å². The maximum atomic E-state index is 11.8. The van der Waals surface area contributed by atoms with Crippen LogP contribution < -0.4 is 0 Å². The molecule has 1 unspecified atom stereocenters. The topological polar surface area (TPSA) is 40.5 Å². The van der Waals surface area contributed by atoms with Crippen molar-refractivity contribution >= 4 is 5.97 Å². The zero-order chi connectivity index (χ0) is 12.8. The zero-order valence-electron chi connectivity index (χ0n) is 10.7. The largest absolute Gasteiger partial charge is 0.480 e. The Morgan fingerprint density at radius 3 is 2.61 bits per heavy atom. The predicted octanol–water partition coefficient (Wildman–Crippen LogP) is 2.09. The number of fused-ring (bicyclic) bond motifs is 1. The van der Waals surface area contributed by atoms with Gasteiger partial charge in [-0.1, -0.05) is 24.3 Å². The zero-order valence-corrected chi connectivity index (χ0v) is 10.7. The van der Waals surface area contributed by atoms with Gasteiger partial charge in [0, 0.05) is 12.5 Å². The Bertz CT molecular complexity index is 481. The summed E-state index contributed by atoms with van der Waals surface area (Å²) in [6.07, 6.45) is 4.54. The molecule has 2 aliphatic carbocycles. The first kappa shape index (κ1) is 11.7. The van der Waals surface area contributed by atoms with E-state index in [1.165, 1.54) is 11.1 Å². The molecule has 1 N–H and O–H groups in total. The van der Waals surface area contributed by atoms with Gasteiger partial charge in [0.1, 0.15) is 5.54 Å². The van der Waals surface area contributed by atoms with Gasteiger partial charge in [-0.3, -0.25) is 9.69 Å². The van der Waals surface area contributed by atoms with Gasteiger partial charge in [0.2, 0.25) is 0 Å². The first-order valence-corrected chi connectivity index (χ1v) is 6.66. The summed E-state index contributed by atoms with van der Waals surface area (Å²) in [5, 5.41) is 9.72. The Morgan fingerprint density at radius 1 is 1.33 bits per heavy atom. The van der Waals surface area contributed by atoms with E-state index in [4.69, 9.17) is 0 Å². The molecule has 0 amide bonds. The first-order valence-electron chi connectivity index (χ1n) is 6.66. The smallest absolute Gasteiger partial charge is 0.324 e. The second kappa shape index (κ2) is 4.09. The van der Waals surface area contributed by atoms with Crippen LogP contribution in [-0.2, 0) is 17.6 Å². The van der Waals surface area contributed by atoms with Crippen LogP contribution in [0.3, 0.4) is 0 Å². The highest BCUT2D eigenvalue weighted by molar-refractivity contribution is 5.80. The van der Waals surface area contributed by atoms with Crippen molar-refractivity contribution in [3.63, 3.8) is 0 Å². The highest BCUT2D eigenvalue weighted by Gasteiger charge is 2.49. The molecule has 1 atom stereocenters. The number of hydrogen-bond donors (Lipinski definition) is 1. The minimum absolute atomic E-state index is 0.478. The standard InChI is InChI=1S/C15H19NO2/c1-16(13-6-7-13)15(14(17)18)9-8-11-4-2-3-5-12(11)10-15/h2-5,13H,6-10H2,1H3,(H,17,18). The van der Waals surface area contributed by atoms with Crippen LogP contribution in [0.1, 0.15) is 30.4 Å². The van der Waals surface area contributed by atoms with Crippen molar-refractivity contribution in [2.24, 2.45) is 0 Å². The van der Waals surface area contributed by atoms with Crippen LogP contribution in [0.15, 0.2) is 24.3 Å². The van der Waals surface area contributed by atoms with Gasteiger partial charge in [-0.2, -0.15) is 0 Å². The predicted molar refractivity (Wildman–Crippen MR) is 69.6 cm³/mol. The monoisotopic (exact) mass is 245 g/mol. The number of carboxylic acid groups (broad SMARTS) is 1. The van der Waals surface area contributed by atoms with Crippen LogP contribution in [0.4, 0.5) is 0 Å². The molecule has 1 saturated carbocycles. The molecule has 0 aliphatic heterocycles. The van der Waals surface area contributed by atoms with Crippen LogP contribution in [-0.4, -0.2) is 34.6 Å². The van der Waals surface area contributed by atoms with E-state index in [-0.39, 0.29) is 0 Å². The number of nitrogens with zero attached hydrogens (tertiary/aromatic N) is 1. The Labute approximate surface area is 107 Å². The van der Waals surface area contributed by atoms with E-state index in [9.17, 15) is 9.90 Å². The SMILES string of the molecule is CN(C1CC1)C1(C(=O)O)CCc2ccccc2C1. The molecule has 0 spiro atoms. The van der Waals surface area contributed by atoms with Gasteiger partial charge < -0.3 is 5.11 Å². The number of carbonyl (C=O) groups is 1. The molecule has 0 radical (unpaired) electrons. The number of rotatable bonds is 3. The van der Waals surface area contributed by atoms with E-state index < -0.39 is 11.5 Å². The minimum Gasteiger partial charge on any atom is -0.480 e. The second-order valence-corrected chi connectivity index (χ2v) is 5.62. The third-order valence-corrected chi connectivity index (χ3v) is 4.58. The lowest BCUT2D eigenvalue weighted by Gasteiger charge is -2.42. The average Bonchev–Trinajstić information content (AvgIpc) is 3.21. The molecule has 1 aromatic carbocycles. The maximum Gasteiger partial charge on any atom is 0.324 e. The Morgan fingerprint density at radius 2 is 2.00 bits per heavy atom. The molecule has 1 fully saturated rings. The van der Waals surface area contributed by atoms with Crippen molar-refractivity contribution in [1.82, 2.24) is 4.90 Å². The van der Waals surface area contributed by atoms with Crippen molar-refractivity contribution < 1.29 is 9.90 Å². The molecule has 3 nitrogen and oxygen atoms in total. The summed E-state index contributed by atoms with van der Waals surface area (Å²) in [7, 11) is 1.99. The van der Waals surface area contributed by atoms with Crippen molar-refractivity contribution in [2.45, 2.75) is 43.7 Å². The normalized spacial score (nSPS) is 27.0. The number of benzene rings is 1. The van der Waals surface area contributed by atoms with Gasteiger partial charge in [-0.15, -0.1) is 0 Å². The third kappa shape index (κ3) is 1.74. The minimum atomic E-state index is -0.685. The van der Waals surface area contributed by atoms with Gasteiger partial charge in [0.25, 0.3) is 0 Å². The Hall–Kier alpha value is -1.35. The molecule has 96 valence electrons. The fourth-order valence-corrected chi connectivity index (χ4v) is 3.16. The Kier molecular flexibility index (Phi) is 2.67. The molecule has 18 heavy (non-hydrogen) atoms. The Balaban J connectivity index is 1.95. The highest BCUT2D eigenvalue weighted by atomic mass is 16.4. The summed E-state index contributed by atoms with van der Waals surface area (Å²) >= 11 is 0. The van der Waals surface area contributed by atoms with E-state index in [1.54, 1.807) is 0 Å². The van der Waals surface area contributed by atoms with Gasteiger partial charge in [-0.25, -0.2) is 0 Å². The van der Waals surface area contributed by atoms with E-state index in [0.29, 0.717) is 12.5 Å². The van der Waals surface area contributed by atoms with Crippen molar-refractivity contribution in [3.05, 3.63) is 35.4 Å². The lowest BCUT2D eigenvalue weighted by atomic mass is 9.77. The molecule has 3 heteroatoms. The number of likely N-dealkylation sites (N-methyl/N-ethyl adjacent to an activating group) is 1. The van der Waals surface area contributed by atoms with Crippen molar-refractivity contribution in [3.8, 4) is 0 Å². The van der Waals surface area contributed by atoms with Gasteiger partial charge in [0.15, 0.2) is 0 Å². The van der Waals surface area contributed by atoms with Crippen LogP contribution >= 0.6 is 0 Å². The lowest BCUT2D eigenvalue weighted by molar-refractivity contribution is -0.152. The maximum absolute atomic E-state index is 11.8. The van der Waals surface area contributed by atoms with Gasteiger partial charge in [0.05, 0.1) is 0 Å². The van der Waals surface area contributed by atoms with E-state index in [0.717, 1.165) is 25.7 Å². The lowest BCUT2D eigenvalue weighted by Crippen LogP contribution is -2.57. The molecule has 2 aliphatic rings. The molecule has 0 aromatic heterocycles. The van der Waals surface area contributed by atoms with E-state index in [2.05, 4.69) is 17.0 Å². The second-order valence-electron chi connectivity index (χ2n) is 5.62. The fourth-order valence-electron chi connectivity index (χ4n) is 3.16. The highest BCUT2D eigenvalue weighted by Crippen LogP contribution is 2.39. The number of aryl methyl sites for hydroxylation is 1. The molecular weight excluding hydrogens is 226 g/mol. The summed E-state index contributed by atoms with van der Waals surface area (Å²) in [6.45, 7) is 0. The van der Waals surface area contributed by atoms with Crippen molar-refractivity contribution in [1.29, 1.82) is 0 Å². The third-order valence-electron chi connectivity index (χ3n) is 4.58. The van der Waals surface area contributed by atoms with Crippen LogP contribution in [0.2, 0.25) is 0 Å². The van der Waals surface area contributed by atoms with Crippen LogP contribution in [0, 0.1) is 0 Å². The average molecular weight is 245 g/mol. The fraction of sp³-hybridized carbons (Fsp3) is 0.533. The number of hydrogen-bond acceptors (Lipinski definition) is 2. The van der Waals surface area contributed by atoms with Crippen LogP contribution in [0.25, 0.3) is 0 Å². The van der Waals surface area contributed by atoms with E-state index in [1.807, 2.05) is 19.2 Å². The molecule has 0 bridgehead atoms. The summed E-state index contributed by atoms with van der Waals surface area (Å²) in [4.78, 5) is 13.9. The van der Waals surface area contributed by atoms with Crippen molar-refractivity contribution in [2.75, 3.05) is 7.05 Å². The number of aliphatic carboxylic acids is 1. The molecule has 1 aromatic rings. The molecule has 0 heterocycles. The summed E-state index contributed by atoms with van der Waals surface area (Å²) in [5.74, 6) is -0.661. The van der Waals surface area contributed by atoms with Gasteiger partial charge >= 0.3 is 5.97 Å². The summed E-state index contributed by atoms with van der Waals surface area (Å²) in [6, 6.07) is 8.72. The quantitative estimate of drug-likeness (QED) is 0.886. The molecular formula is C15H19NO2. The van der Waals surface area contributed by atoms with Crippen LogP contribution in [0.5, 0.6) is 0 Å². The summed E-state index contributed by atoms with van der Waals surface area (Å²) < 4.78 is 0. The summed E-state index contributed by atoms with van der Waals surface area (Å²) in [5.41, 5.74) is 1.84. The number of carboxylic acids is 1.